The first-order valence-corrected chi connectivity index (χ1v) is 9.20. The van der Waals surface area contributed by atoms with Gasteiger partial charge in [0.15, 0.2) is 5.65 Å². The molecular formula is C20H23N5O2. The first-order chi connectivity index (χ1) is 13.2. The fourth-order valence-corrected chi connectivity index (χ4v) is 3.74. The van der Waals surface area contributed by atoms with E-state index in [1.165, 1.54) is 0 Å². The third-order valence-corrected chi connectivity index (χ3v) is 5.16. The molecule has 1 aliphatic rings. The van der Waals surface area contributed by atoms with Crippen LogP contribution in [0.25, 0.3) is 11.2 Å². The molecule has 140 valence electrons. The largest absolute Gasteiger partial charge is 0.497 e. The third-order valence-electron chi connectivity index (χ3n) is 5.16. The van der Waals surface area contributed by atoms with Gasteiger partial charge >= 0.3 is 0 Å². The van der Waals surface area contributed by atoms with E-state index in [9.17, 15) is 4.79 Å². The maximum Gasteiger partial charge on any atom is 0.227 e. The lowest BCUT2D eigenvalue weighted by Gasteiger charge is -2.32. The Morgan fingerprint density at radius 3 is 2.78 bits per heavy atom. The van der Waals surface area contributed by atoms with Crippen LogP contribution in [0.2, 0.25) is 0 Å². The maximum atomic E-state index is 12.8. The van der Waals surface area contributed by atoms with Gasteiger partial charge in [0.25, 0.3) is 0 Å². The number of hydrogen-bond acceptors (Lipinski definition) is 5. The number of rotatable bonds is 4. The number of methoxy groups -OCH3 is 1. The molecule has 0 radical (unpaired) electrons. The first kappa shape index (κ1) is 17.5. The SMILES string of the molecule is COc1ccc(CC(=O)N2CCCC(c3nn(C)c4nccnc34)C2)cc1. The minimum Gasteiger partial charge on any atom is -0.497 e. The van der Waals surface area contributed by atoms with Crippen molar-refractivity contribution in [2.45, 2.75) is 25.2 Å². The molecule has 0 bridgehead atoms. The van der Waals surface area contributed by atoms with E-state index in [2.05, 4.69) is 15.1 Å². The Kier molecular flexibility index (Phi) is 4.75. The molecule has 27 heavy (non-hydrogen) atoms. The number of piperidine rings is 1. The number of amides is 1. The van der Waals surface area contributed by atoms with Crippen LogP contribution in [0.3, 0.4) is 0 Å². The van der Waals surface area contributed by atoms with Gasteiger partial charge in [0.05, 0.1) is 19.2 Å². The first-order valence-electron chi connectivity index (χ1n) is 9.20. The van der Waals surface area contributed by atoms with Gasteiger partial charge in [-0.15, -0.1) is 0 Å². The van der Waals surface area contributed by atoms with Crippen LogP contribution in [0.1, 0.15) is 30.0 Å². The lowest BCUT2D eigenvalue weighted by molar-refractivity contribution is -0.131. The van der Waals surface area contributed by atoms with Crippen molar-refractivity contribution in [2.75, 3.05) is 20.2 Å². The van der Waals surface area contributed by atoms with Gasteiger partial charge in [-0.25, -0.2) is 14.6 Å². The summed E-state index contributed by atoms with van der Waals surface area (Å²) in [6.07, 6.45) is 5.76. The van der Waals surface area contributed by atoms with Crippen LogP contribution in [0.4, 0.5) is 0 Å². The molecule has 1 unspecified atom stereocenters. The van der Waals surface area contributed by atoms with E-state index in [0.29, 0.717) is 13.0 Å². The number of aryl methyl sites for hydroxylation is 1. The highest BCUT2D eigenvalue weighted by atomic mass is 16.5. The molecule has 1 aliphatic heterocycles. The van der Waals surface area contributed by atoms with Crippen molar-refractivity contribution >= 4 is 17.1 Å². The van der Waals surface area contributed by atoms with Gasteiger partial charge in [0.1, 0.15) is 11.3 Å². The molecule has 2 aromatic heterocycles. The van der Waals surface area contributed by atoms with Crippen LogP contribution < -0.4 is 4.74 Å². The third kappa shape index (κ3) is 3.49. The zero-order valence-corrected chi connectivity index (χ0v) is 15.6. The summed E-state index contributed by atoms with van der Waals surface area (Å²) in [6, 6.07) is 7.67. The molecule has 7 nitrogen and oxygen atoms in total. The Bertz CT molecular complexity index is 951. The zero-order valence-electron chi connectivity index (χ0n) is 15.6. The van der Waals surface area contributed by atoms with Gasteiger partial charge in [-0.1, -0.05) is 12.1 Å². The van der Waals surface area contributed by atoms with E-state index in [4.69, 9.17) is 4.74 Å². The maximum absolute atomic E-state index is 12.8. The van der Waals surface area contributed by atoms with Crippen molar-refractivity contribution in [3.8, 4) is 5.75 Å². The van der Waals surface area contributed by atoms with Crippen LogP contribution in [0.5, 0.6) is 5.75 Å². The molecule has 0 spiro atoms. The number of hydrogen-bond donors (Lipinski definition) is 0. The van der Waals surface area contributed by atoms with Gasteiger partial charge in [0.2, 0.25) is 5.91 Å². The summed E-state index contributed by atoms with van der Waals surface area (Å²) < 4.78 is 6.95. The molecule has 1 amide bonds. The van der Waals surface area contributed by atoms with Crippen molar-refractivity contribution in [2.24, 2.45) is 7.05 Å². The van der Waals surface area contributed by atoms with Crippen LogP contribution in [0.15, 0.2) is 36.7 Å². The fraction of sp³-hybridized carbons (Fsp3) is 0.400. The van der Waals surface area contributed by atoms with Crippen molar-refractivity contribution in [1.82, 2.24) is 24.6 Å². The lowest BCUT2D eigenvalue weighted by atomic mass is 9.94. The number of carbonyl (C=O) groups excluding carboxylic acids is 1. The Labute approximate surface area is 158 Å². The molecule has 1 atom stereocenters. The Morgan fingerprint density at radius 1 is 1.22 bits per heavy atom. The van der Waals surface area contributed by atoms with Gasteiger partial charge < -0.3 is 9.64 Å². The molecule has 1 saturated heterocycles. The summed E-state index contributed by atoms with van der Waals surface area (Å²) >= 11 is 0. The fourth-order valence-electron chi connectivity index (χ4n) is 3.74. The number of nitrogens with zero attached hydrogens (tertiary/aromatic N) is 5. The molecule has 0 N–H and O–H groups in total. The van der Waals surface area contributed by atoms with Gasteiger partial charge in [0, 0.05) is 38.4 Å². The van der Waals surface area contributed by atoms with Crippen LogP contribution >= 0.6 is 0 Å². The number of likely N-dealkylation sites (tertiary alicyclic amines) is 1. The predicted molar refractivity (Wildman–Crippen MR) is 102 cm³/mol. The normalized spacial score (nSPS) is 17.3. The smallest absolute Gasteiger partial charge is 0.227 e. The molecular weight excluding hydrogens is 342 g/mol. The van der Waals surface area contributed by atoms with E-state index >= 15 is 0 Å². The highest BCUT2D eigenvalue weighted by Gasteiger charge is 2.28. The monoisotopic (exact) mass is 365 g/mol. The lowest BCUT2D eigenvalue weighted by Crippen LogP contribution is -2.40. The highest BCUT2D eigenvalue weighted by molar-refractivity contribution is 5.79. The summed E-state index contributed by atoms with van der Waals surface area (Å²) in [4.78, 5) is 23.6. The zero-order chi connectivity index (χ0) is 18.8. The van der Waals surface area contributed by atoms with E-state index in [1.807, 2.05) is 36.2 Å². The number of carbonyl (C=O) groups is 1. The average Bonchev–Trinajstić information content (AvgIpc) is 3.06. The Morgan fingerprint density at radius 2 is 2.00 bits per heavy atom. The van der Waals surface area contributed by atoms with E-state index in [0.717, 1.165) is 47.6 Å². The van der Waals surface area contributed by atoms with E-state index < -0.39 is 0 Å². The van der Waals surface area contributed by atoms with E-state index in [1.54, 1.807) is 24.2 Å². The van der Waals surface area contributed by atoms with Crippen molar-refractivity contribution < 1.29 is 9.53 Å². The summed E-state index contributed by atoms with van der Waals surface area (Å²) in [5, 5.41) is 4.65. The number of fused-ring (bicyclic) bond motifs is 1. The molecule has 3 aromatic rings. The number of aromatic nitrogens is 4. The molecule has 7 heteroatoms. The summed E-state index contributed by atoms with van der Waals surface area (Å²) in [6.45, 7) is 1.47. The van der Waals surface area contributed by atoms with Gasteiger partial charge in [-0.3, -0.25) is 4.79 Å². The Balaban J connectivity index is 1.49. The molecule has 4 rings (SSSR count). The van der Waals surface area contributed by atoms with E-state index in [-0.39, 0.29) is 11.8 Å². The quantitative estimate of drug-likeness (QED) is 0.709. The average molecular weight is 365 g/mol. The van der Waals surface area contributed by atoms with Crippen LogP contribution in [0, 0.1) is 0 Å². The topological polar surface area (TPSA) is 73.1 Å². The summed E-state index contributed by atoms with van der Waals surface area (Å²) in [5.74, 6) is 1.14. The van der Waals surface area contributed by atoms with Crippen LogP contribution in [-0.2, 0) is 18.3 Å². The second-order valence-electron chi connectivity index (χ2n) is 6.94. The molecule has 3 heterocycles. The minimum atomic E-state index is 0.149. The standard InChI is InChI=1S/C20H23N5O2/c1-24-20-19(21-9-10-22-20)18(23-24)15-4-3-11-25(13-15)17(26)12-14-5-7-16(27-2)8-6-14/h5-10,15H,3-4,11-13H2,1-2H3. The molecule has 1 fully saturated rings. The van der Waals surface area contributed by atoms with Crippen molar-refractivity contribution in [3.63, 3.8) is 0 Å². The predicted octanol–water partition coefficient (Wildman–Crippen LogP) is 2.32. The summed E-state index contributed by atoms with van der Waals surface area (Å²) in [5.41, 5.74) is 3.57. The second-order valence-corrected chi connectivity index (χ2v) is 6.94. The second kappa shape index (κ2) is 7.34. The number of benzene rings is 1. The van der Waals surface area contributed by atoms with Crippen molar-refractivity contribution in [3.05, 3.63) is 47.9 Å². The summed E-state index contributed by atoms with van der Waals surface area (Å²) in [7, 11) is 3.52. The molecule has 0 saturated carbocycles. The van der Waals surface area contributed by atoms with Crippen LogP contribution in [-0.4, -0.2) is 50.8 Å². The van der Waals surface area contributed by atoms with Gasteiger partial charge in [-0.05, 0) is 30.5 Å². The Hall–Kier alpha value is -2.96. The minimum absolute atomic E-state index is 0.149. The van der Waals surface area contributed by atoms with Gasteiger partial charge in [-0.2, -0.15) is 5.10 Å². The highest BCUT2D eigenvalue weighted by Crippen LogP contribution is 2.30. The molecule has 0 aliphatic carbocycles. The number of ether oxygens (including phenoxy) is 1. The molecule has 1 aromatic carbocycles. The van der Waals surface area contributed by atoms with Crippen molar-refractivity contribution in [1.29, 1.82) is 0 Å².